The van der Waals surface area contributed by atoms with Crippen LogP contribution in [0, 0.1) is 12.8 Å². The number of hydrogen-bond acceptors (Lipinski definition) is 4. The summed E-state index contributed by atoms with van der Waals surface area (Å²) in [5.41, 5.74) is 6.92. The Balaban J connectivity index is 2.10. The number of rotatable bonds is 3. The molecule has 1 aromatic rings. The van der Waals surface area contributed by atoms with Crippen LogP contribution in [0.5, 0.6) is 0 Å². The zero-order valence-corrected chi connectivity index (χ0v) is 10.7. The smallest absolute Gasteiger partial charge is 0.149 e. The molecule has 3 N–H and O–H groups in total. The van der Waals surface area contributed by atoms with Crippen LogP contribution in [0.3, 0.4) is 0 Å². The number of nitrogens with two attached hydrogens (primary N) is 1. The van der Waals surface area contributed by atoms with E-state index in [0.29, 0.717) is 6.54 Å². The first-order valence-electron chi connectivity index (χ1n) is 6.42. The fourth-order valence-corrected chi connectivity index (χ4v) is 2.75. The molecule has 0 saturated heterocycles. The number of hydrogen-bond donors (Lipinski definition) is 2. The molecule has 4 heteroatoms. The lowest BCUT2D eigenvalue weighted by atomic mass is 9.76. The maximum absolute atomic E-state index is 5.97. The van der Waals surface area contributed by atoms with Crippen LogP contribution >= 0.6 is 0 Å². The van der Waals surface area contributed by atoms with Crippen LogP contribution in [-0.4, -0.2) is 22.3 Å². The molecular weight excluding hydrogens is 212 g/mol. The third-order valence-electron chi connectivity index (χ3n) is 3.67. The first-order chi connectivity index (χ1) is 8.13. The van der Waals surface area contributed by atoms with Crippen molar-refractivity contribution in [3.05, 3.63) is 17.8 Å². The maximum atomic E-state index is 5.97. The van der Waals surface area contributed by atoms with Gasteiger partial charge in [0, 0.05) is 6.54 Å². The molecule has 0 amide bonds. The molecule has 4 nitrogen and oxygen atoms in total. The third kappa shape index (κ3) is 2.94. The molecule has 0 radical (unpaired) electrons. The van der Waals surface area contributed by atoms with Crippen LogP contribution in [0.1, 0.15) is 38.3 Å². The van der Waals surface area contributed by atoms with Crippen LogP contribution in [0.2, 0.25) is 0 Å². The predicted octanol–water partition coefficient (Wildman–Crippen LogP) is 2.10. The van der Waals surface area contributed by atoms with Crippen molar-refractivity contribution in [2.24, 2.45) is 11.7 Å². The van der Waals surface area contributed by atoms with E-state index in [1.54, 1.807) is 0 Å². The average molecular weight is 234 g/mol. The second kappa shape index (κ2) is 5.00. The molecule has 1 aromatic heterocycles. The van der Waals surface area contributed by atoms with E-state index in [1.807, 2.05) is 19.1 Å². The van der Waals surface area contributed by atoms with E-state index in [4.69, 9.17) is 5.73 Å². The summed E-state index contributed by atoms with van der Waals surface area (Å²) in [4.78, 5) is 0. The summed E-state index contributed by atoms with van der Waals surface area (Å²) >= 11 is 0. The highest BCUT2D eigenvalue weighted by Gasteiger charge is 2.33. The van der Waals surface area contributed by atoms with Gasteiger partial charge in [0.05, 0.1) is 11.2 Å². The first-order valence-corrected chi connectivity index (χ1v) is 6.42. The highest BCUT2D eigenvalue weighted by atomic mass is 15.2. The minimum absolute atomic E-state index is 0.0155. The lowest BCUT2D eigenvalue weighted by molar-refractivity contribution is 0.263. The summed E-state index contributed by atoms with van der Waals surface area (Å²) in [7, 11) is 0. The summed E-state index contributed by atoms with van der Waals surface area (Å²) < 4.78 is 0. The van der Waals surface area contributed by atoms with Crippen LogP contribution in [0.15, 0.2) is 12.1 Å². The third-order valence-corrected chi connectivity index (χ3v) is 3.67. The molecule has 17 heavy (non-hydrogen) atoms. The van der Waals surface area contributed by atoms with E-state index >= 15 is 0 Å². The van der Waals surface area contributed by atoms with Gasteiger partial charge in [-0.05, 0) is 37.8 Å². The maximum Gasteiger partial charge on any atom is 0.149 e. The van der Waals surface area contributed by atoms with Crippen molar-refractivity contribution < 1.29 is 0 Å². The molecule has 0 aliphatic heterocycles. The molecule has 0 spiro atoms. The second-order valence-corrected chi connectivity index (χ2v) is 5.37. The second-order valence-electron chi connectivity index (χ2n) is 5.37. The standard InChI is InChI=1S/C13H22N4/c1-10-4-3-7-13(8-10,9-14)15-12-6-5-11(2)16-17-12/h5-6,10H,3-4,7-9,14H2,1-2H3,(H,15,17). The SMILES string of the molecule is Cc1ccc(NC2(CN)CCCC(C)C2)nn1. The summed E-state index contributed by atoms with van der Waals surface area (Å²) in [5, 5.41) is 11.8. The Morgan fingerprint density at radius 3 is 2.88 bits per heavy atom. The van der Waals surface area contributed by atoms with Gasteiger partial charge in [-0.2, -0.15) is 5.10 Å². The summed E-state index contributed by atoms with van der Waals surface area (Å²) in [6, 6.07) is 3.96. The fraction of sp³-hybridized carbons (Fsp3) is 0.692. The Labute approximate surface area is 103 Å². The average Bonchev–Trinajstić information content (AvgIpc) is 2.32. The van der Waals surface area contributed by atoms with Crippen LogP contribution in [0.4, 0.5) is 5.82 Å². The first kappa shape index (κ1) is 12.3. The van der Waals surface area contributed by atoms with Crippen molar-refractivity contribution in [2.45, 2.75) is 45.1 Å². The molecule has 2 unspecified atom stereocenters. The Morgan fingerprint density at radius 2 is 2.29 bits per heavy atom. The van der Waals surface area contributed by atoms with Crippen LogP contribution in [-0.2, 0) is 0 Å². The van der Waals surface area contributed by atoms with E-state index in [2.05, 4.69) is 22.4 Å². The van der Waals surface area contributed by atoms with Crippen molar-refractivity contribution >= 4 is 5.82 Å². The van der Waals surface area contributed by atoms with Crippen molar-refractivity contribution in [2.75, 3.05) is 11.9 Å². The topological polar surface area (TPSA) is 63.8 Å². The van der Waals surface area contributed by atoms with Crippen LogP contribution < -0.4 is 11.1 Å². The van der Waals surface area contributed by atoms with Gasteiger partial charge in [-0.15, -0.1) is 5.10 Å². The number of nitrogens with one attached hydrogen (secondary N) is 1. The van der Waals surface area contributed by atoms with E-state index in [-0.39, 0.29) is 5.54 Å². The summed E-state index contributed by atoms with van der Waals surface area (Å²) in [5.74, 6) is 1.58. The monoisotopic (exact) mass is 234 g/mol. The van der Waals surface area contributed by atoms with E-state index in [0.717, 1.165) is 30.3 Å². The normalized spacial score (nSPS) is 29.0. The van der Waals surface area contributed by atoms with E-state index in [9.17, 15) is 0 Å². The van der Waals surface area contributed by atoms with Gasteiger partial charge in [-0.1, -0.05) is 19.8 Å². The molecule has 2 atom stereocenters. The van der Waals surface area contributed by atoms with Gasteiger partial charge in [0.1, 0.15) is 5.82 Å². The summed E-state index contributed by atoms with van der Waals surface area (Å²) in [6.45, 7) is 4.90. The molecule has 2 rings (SSSR count). The van der Waals surface area contributed by atoms with E-state index in [1.165, 1.54) is 12.8 Å². The Morgan fingerprint density at radius 1 is 1.47 bits per heavy atom. The van der Waals surface area contributed by atoms with E-state index < -0.39 is 0 Å². The van der Waals surface area contributed by atoms with Crippen molar-refractivity contribution in [3.8, 4) is 0 Å². The van der Waals surface area contributed by atoms with Gasteiger partial charge in [0.2, 0.25) is 0 Å². The Kier molecular flexibility index (Phi) is 3.62. The molecule has 0 bridgehead atoms. The summed E-state index contributed by atoms with van der Waals surface area (Å²) in [6.07, 6.45) is 4.80. The van der Waals surface area contributed by atoms with Gasteiger partial charge in [-0.25, -0.2) is 0 Å². The minimum Gasteiger partial charge on any atom is -0.362 e. The minimum atomic E-state index is 0.0155. The highest BCUT2D eigenvalue weighted by molar-refractivity contribution is 5.37. The molecule has 1 aliphatic rings. The largest absolute Gasteiger partial charge is 0.362 e. The molecule has 1 heterocycles. The predicted molar refractivity (Wildman–Crippen MR) is 69.8 cm³/mol. The number of aryl methyl sites for hydroxylation is 1. The Bertz CT molecular complexity index is 362. The zero-order valence-electron chi connectivity index (χ0n) is 10.7. The van der Waals surface area contributed by atoms with Crippen LogP contribution in [0.25, 0.3) is 0 Å². The number of nitrogens with zero attached hydrogens (tertiary/aromatic N) is 2. The number of aromatic nitrogens is 2. The van der Waals surface area contributed by atoms with Crippen molar-refractivity contribution in [1.29, 1.82) is 0 Å². The van der Waals surface area contributed by atoms with Gasteiger partial charge in [0.15, 0.2) is 0 Å². The lowest BCUT2D eigenvalue weighted by Crippen LogP contribution is -2.48. The highest BCUT2D eigenvalue weighted by Crippen LogP contribution is 2.33. The molecule has 0 aromatic carbocycles. The molecule has 1 saturated carbocycles. The van der Waals surface area contributed by atoms with Gasteiger partial charge in [0.25, 0.3) is 0 Å². The molecule has 1 aliphatic carbocycles. The Hall–Kier alpha value is -1.16. The lowest BCUT2D eigenvalue weighted by Gasteiger charge is -2.40. The quantitative estimate of drug-likeness (QED) is 0.840. The van der Waals surface area contributed by atoms with Gasteiger partial charge in [-0.3, -0.25) is 0 Å². The van der Waals surface area contributed by atoms with Gasteiger partial charge < -0.3 is 11.1 Å². The fourth-order valence-electron chi connectivity index (χ4n) is 2.75. The molecular formula is C13H22N4. The molecule has 94 valence electrons. The van der Waals surface area contributed by atoms with Gasteiger partial charge >= 0.3 is 0 Å². The van der Waals surface area contributed by atoms with Crippen molar-refractivity contribution in [1.82, 2.24) is 10.2 Å². The number of anilines is 1. The zero-order chi connectivity index (χ0) is 12.3. The molecule has 1 fully saturated rings. The van der Waals surface area contributed by atoms with Crippen molar-refractivity contribution in [3.63, 3.8) is 0 Å².